The molecule has 22 heavy (non-hydrogen) atoms. The lowest BCUT2D eigenvalue weighted by atomic mass is 9.85. The first-order chi connectivity index (χ1) is 10.7. The molecule has 0 unspecified atom stereocenters. The van der Waals surface area contributed by atoms with E-state index in [2.05, 4.69) is 16.4 Å². The lowest BCUT2D eigenvalue weighted by Crippen LogP contribution is -2.32. The molecule has 0 radical (unpaired) electrons. The van der Waals surface area contributed by atoms with E-state index in [9.17, 15) is 4.79 Å². The fourth-order valence-corrected chi connectivity index (χ4v) is 3.35. The Balaban J connectivity index is 1.56. The van der Waals surface area contributed by atoms with Crippen LogP contribution in [0.3, 0.4) is 0 Å². The predicted molar refractivity (Wildman–Crippen MR) is 88.9 cm³/mol. The molecule has 1 N–H and O–H groups in total. The third-order valence-corrected chi connectivity index (χ3v) is 5.24. The van der Waals surface area contributed by atoms with Crippen molar-refractivity contribution in [2.45, 2.75) is 30.2 Å². The number of nitrogens with zero attached hydrogens (tertiary/aromatic N) is 2. The van der Waals surface area contributed by atoms with Gasteiger partial charge in [0.15, 0.2) is 5.16 Å². The van der Waals surface area contributed by atoms with E-state index in [0.29, 0.717) is 5.92 Å². The summed E-state index contributed by atoms with van der Waals surface area (Å²) in [6.07, 6.45) is 7.54. The van der Waals surface area contributed by atoms with Gasteiger partial charge in [-0.05, 0) is 36.5 Å². The zero-order valence-corrected chi connectivity index (χ0v) is 13.6. The van der Waals surface area contributed by atoms with Crippen molar-refractivity contribution in [3.05, 3.63) is 47.8 Å². The molecule has 1 aromatic carbocycles. The van der Waals surface area contributed by atoms with E-state index in [1.165, 1.54) is 19.3 Å². The second-order valence-corrected chi connectivity index (χ2v) is 6.76. The van der Waals surface area contributed by atoms with Crippen molar-refractivity contribution in [2.75, 3.05) is 6.54 Å². The van der Waals surface area contributed by atoms with Crippen LogP contribution in [0.1, 0.15) is 35.2 Å². The van der Waals surface area contributed by atoms with Crippen LogP contribution in [0.15, 0.2) is 41.8 Å². The molecule has 1 amide bonds. The molecule has 1 aliphatic carbocycles. The normalized spacial score (nSPS) is 14.6. The number of benzene rings is 1. The van der Waals surface area contributed by atoms with Gasteiger partial charge in [0.1, 0.15) is 0 Å². The van der Waals surface area contributed by atoms with Crippen molar-refractivity contribution in [1.29, 1.82) is 0 Å². The van der Waals surface area contributed by atoms with Crippen LogP contribution < -0.4 is 5.32 Å². The molecule has 0 aliphatic heterocycles. The molecule has 1 saturated carbocycles. The van der Waals surface area contributed by atoms with Crippen LogP contribution in [0.4, 0.5) is 0 Å². The number of carbonyl (C=O) groups is 1. The number of imidazole rings is 1. The largest absolute Gasteiger partial charge is 0.352 e. The quantitative estimate of drug-likeness (QED) is 0.833. The van der Waals surface area contributed by atoms with Crippen molar-refractivity contribution in [2.24, 2.45) is 13.0 Å². The van der Waals surface area contributed by atoms with E-state index >= 15 is 0 Å². The fourth-order valence-electron chi connectivity index (χ4n) is 2.48. The molecule has 1 aromatic heterocycles. The Labute approximate surface area is 135 Å². The molecule has 1 fully saturated rings. The summed E-state index contributed by atoms with van der Waals surface area (Å²) in [6.45, 7) is 0.811. The molecule has 1 aliphatic rings. The number of aryl methyl sites for hydroxylation is 1. The molecule has 0 bridgehead atoms. The molecule has 4 nitrogen and oxygen atoms in total. The third-order valence-electron chi connectivity index (χ3n) is 4.11. The van der Waals surface area contributed by atoms with Gasteiger partial charge in [-0.15, -0.1) is 0 Å². The van der Waals surface area contributed by atoms with Gasteiger partial charge in [0.2, 0.25) is 0 Å². The van der Waals surface area contributed by atoms with Crippen LogP contribution in [-0.2, 0) is 12.8 Å². The van der Waals surface area contributed by atoms with Gasteiger partial charge in [-0.25, -0.2) is 4.98 Å². The second-order valence-electron chi connectivity index (χ2n) is 5.82. The van der Waals surface area contributed by atoms with Gasteiger partial charge in [0.25, 0.3) is 5.91 Å². The Bertz CT molecular complexity index is 649. The highest BCUT2D eigenvalue weighted by Crippen LogP contribution is 2.25. The average molecular weight is 315 g/mol. The van der Waals surface area contributed by atoms with E-state index in [1.54, 1.807) is 18.0 Å². The van der Waals surface area contributed by atoms with E-state index in [0.717, 1.165) is 28.6 Å². The maximum atomic E-state index is 12.2. The standard InChI is InChI=1S/C17H21N3OS/c1-20-9-8-18-17(20)22-12-14-6-3-7-15(10-14)16(21)19-11-13-4-2-5-13/h3,6-10,13H,2,4-5,11-12H2,1H3,(H,19,21). The highest BCUT2D eigenvalue weighted by molar-refractivity contribution is 7.98. The molecule has 3 rings (SSSR count). The van der Waals surface area contributed by atoms with Gasteiger partial charge in [-0.1, -0.05) is 30.3 Å². The van der Waals surface area contributed by atoms with Crippen LogP contribution in [0.2, 0.25) is 0 Å². The second kappa shape index (κ2) is 7.01. The van der Waals surface area contributed by atoms with Crippen LogP contribution in [0, 0.1) is 5.92 Å². The zero-order valence-electron chi connectivity index (χ0n) is 12.8. The van der Waals surface area contributed by atoms with E-state index in [1.807, 2.05) is 36.0 Å². The zero-order chi connectivity index (χ0) is 15.4. The summed E-state index contributed by atoms with van der Waals surface area (Å²) in [6, 6.07) is 7.86. The number of hydrogen-bond acceptors (Lipinski definition) is 3. The van der Waals surface area contributed by atoms with Gasteiger partial charge in [0.05, 0.1) is 0 Å². The summed E-state index contributed by atoms with van der Waals surface area (Å²) >= 11 is 1.68. The lowest BCUT2D eigenvalue weighted by Gasteiger charge is -2.25. The number of carbonyl (C=O) groups excluding carboxylic acids is 1. The van der Waals surface area contributed by atoms with Gasteiger partial charge in [0, 0.05) is 37.3 Å². The number of rotatable bonds is 6. The first kappa shape index (κ1) is 15.2. The molecule has 0 atom stereocenters. The van der Waals surface area contributed by atoms with Gasteiger partial charge < -0.3 is 9.88 Å². The van der Waals surface area contributed by atoms with Crippen molar-refractivity contribution in [1.82, 2.24) is 14.9 Å². The molecular weight excluding hydrogens is 294 g/mol. The first-order valence-electron chi connectivity index (χ1n) is 7.69. The van der Waals surface area contributed by atoms with Gasteiger partial charge in [-0.3, -0.25) is 4.79 Å². The molecule has 1 heterocycles. The van der Waals surface area contributed by atoms with Crippen LogP contribution >= 0.6 is 11.8 Å². The first-order valence-corrected chi connectivity index (χ1v) is 8.68. The Morgan fingerprint density at radius 1 is 1.45 bits per heavy atom. The van der Waals surface area contributed by atoms with Gasteiger partial charge >= 0.3 is 0 Å². The van der Waals surface area contributed by atoms with E-state index < -0.39 is 0 Å². The van der Waals surface area contributed by atoms with E-state index in [4.69, 9.17) is 0 Å². The van der Waals surface area contributed by atoms with E-state index in [-0.39, 0.29) is 5.91 Å². The smallest absolute Gasteiger partial charge is 0.251 e. The number of nitrogens with one attached hydrogen (secondary N) is 1. The van der Waals surface area contributed by atoms with Crippen LogP contribution in [0.5, 0.6) is 0 Å². The SMILES string of the molecule is Cn1ccnc1SCc1cccc(C(=O)NCC2CCC2)c1. The minimum atomic E-state index is 0.0377. The monoisotopic (exact) mass is 315 g/mol. The number of thioether (sulfide) groups is 1. The van der Waals surface area contributed by atoms with Crippen molar-refractivity contribution >= 4 is 17.7 Å². The lowest BCUT2D eigenvalue weighted by molar-refractivity contribution is 0.0939. The van der Waals surface area contributed by atoms with Crippen molar-refractivity contribution < 1.29 is 4.79 Å². The van der Waals surface area contributed by atoms with Gasteiger partial charge in [-0.2, -0.15) is 0 Å². The molecular formula is C17H21N3OS. The summed E-state index contributed by atoms with van der Waals surface area (Å²) in [7, 11) is 1.99. The fraction of sp³-hybridized carbons (Fsp3) is 0.412. The molecule has 0 saturated heterocycles. The molecule has 2 aromatic rings. The molecule has 116 valence electrons. The minimum absolute atomic E-state index is 0.0377. The van der Waals surface area contributed by atoms with Crippen LogP contribution in [-0.4, -0.2) is 22.0 Å². The third kappa shape index (κ3) is 3.71. The Kier molecular flexibility index (Phi) is 4.83. The molecule has 5 heteroatoms. The summed E-state index contributed by atoms with van der Waals surface area (Å²) in [5.74, 6) is 1.54. The maximum absolute atomic E-state index is 12.2. The molecule has 0 spiro atoms. The Hall–Kier alpha value is -1.75. The maximum Gasteiger partial charge on any atom is 0.251 e. The summed E-state index contributed by atoms with van der Waals surface area (Å²) in [5.41, 5.74) is 1.89. The summed E-state index contributed by atoms with van der Waals surface area (Å²) in [4.78, 5) is 16.5. The summed E-state index contributed by atoms with van der Waals surface area (Å²) in [5, 5.41) is 4.03. The Morgan fingerprint density at radius 3 is 3.00 bits per heavy atom. The Morgan fingerprint density at radius 2 is 2.32 bits per heavy atom. The summed E-state index contributed by atoms with van der Waals surface area (Å²) < 4.78 is 2.00. The average Bonchev–Trinajstić information content (AvgIpc) is 2.89. The van der Waals surface area contributed by atoms with Crippen molar-refractivity contribution in [3.63, 3.8) is 0 Å². The number of amides is 1. The van der Waals surface area contributed by atoms with Crippen LogP contribution in [0.25, 0.3) is 0 Å². The number of hydrogen-bond donors (Lipinski definition) is 1. The minimum Gasteiger partial charge on any atom is -0.352 e. The number of aromatic nitrogens is 2. The predicted octanol–water partition coefficient (Wildman–Crippen LogP) is 3.24. The van der Waals surface area contributed by atoms with Crippen molar-refractivity contribution in [3.8, 4) is 0 Å². The highest BCUT2D eigenvalue weighted by Gasteiger charge is 2.18. The topological polar surface area (TPSA) is 46.9 Å². The highest BCUT2D eigenvalue weighted by atomic mass is 32.2.